The Hall–Kier alpha value is -1.06. The lowest BCUT2D eigenvalue weighted by Gasteiger charge is -2.23. The monoisotopic (exact) mass is 221 g/mol. The van der Waals surface area contributed by atoms with E-state index in [0.717, 1.165) is 31.6 Å². The van der Waals surface area contributed by atoms with Gasteiger partial charge in [-0.25, -0.2) is 0 Å². The van der Waals surface area contributed by atoms with Crippen LogP contribution in [0.2, 0.25) is 0 Å². The largest absolute Gasteiger partial charge is 0.488 e. The van der Waals surface area contributed by atoms with Crippen molar-refractivity contribution < 1.29 is 9.47 Å². The van der Waals surface area contributed by atoms with E-state index in [0.29, 0.717) is 13.2 Å². The van der Waals surface area contributed by atoms with E-state index < -0.39 is 0 Å². The number of hydrogen-bond acceptors (Lipinski definition) is 3. The molecule has 1 saturated heterocycles. The number of benzene rings is 1. The highest BCUT2D eigenvalue weighted by Crippen LogP contribution is 2.18. The lowest BCUT2D eigenvalue weighted by atomic mass is 10.1. The lowest BCUT2D eigenvalue weighted by molar-refractivity contribution is 0.00740. The third-order valence-electron chi connectivity index (χ3n) is 2.75. The van der Waals surface area contributed by atoms with Gasteiger partial charge in [-0.05, 0) is 43.5 Å². The zero-order valence-electron chi connectivity index (χ0n) is 9.52. The van der Waals surface area contributed by atoms with Crippen LogP contribution in [0.1, 0.15) is 18.4 Å². The predicted octanol–water partition coefficient (Wildman–Crippen LogP) is 1.75. The average molecular weight is 221 g/mol. The summed E-state index contributed by atoms with van der Waals surface area (Å²) in [5, 5.41) is 0. The maximum absolute atomic E-state index is 5.88. The summed E-state index contributed by atoms with van der Waals surface area (Å²) in [4.78, 5) is 0. The fourth-order valence-corrected chi connectivity index (χ4v) is 1.94. The third-order valence-corrected chi connectivity index (χ3v) is 2.75. The first-order valence-electron chi connectivity index (χ1n) is 5.92. The summed E-state index contributed by atoms with van der Waals surface area (Å²) in [6.07, 6.45) is 3.29. The fraction of sp³-hybridized carbons (Fsp3) is 0.538. The Balaban J connectivity index is 1.94. The van der Waals surface area contributed by atoms with Gasteiger partial charge < -0.3 is 15.2 Å². The maximum atomic E-state index is 5.88. The Morgan fingerprint density at radius 3 is 3.12 bits per heavy atom. The minimum absolute atomic E-state index is 0.210. The topological polar surface area (TPSA) is 44.5 Å². The fourth-order valence-electron chi connectivity index (χ4n) is 1.94. The lowest BCUT2D eigenvalue weighted by Crippen LogP contribution is -2.28. The summed E-state index contributed by atoms with van der Waals surface area (Å²) in [6, 6.07) is 8.16. The van der Waals surface area contributed by atoms with Crippen LogP contribution >= 0.6 is 0 Å². The molecule has 0 aliphatic carbocycles. The van der Waals surface area contributed by atoms with Gasteiger partial charge in [-0.15, -0.1) is 0 Å². The molecule has 88 valence electrons. The van der Waals surface area contributed by atoms with E-state index in [-0.39, 0.29) is 6.10 Å². The van der Waals surface area contributed by atoms with Gasteiger partial charge in [0.05, 0.1) is 6.61 Å². The molecule has 2 rings (SSSR count). The van der Waals surface area contributed by atoms with Gasteiger partial charge in [0.1, 0.15) is 11.9 Å². The summed E-state index contributed by atoms with van der Waals surface area (Å²) in [5.74, 6) is 0.932. The normalized spacial score (nSPS) is 20.7. The van der Waals surface area contributed by atoms with Crippen molar-refractivity contribution >= 4 is 0 Å². The second kappa shape index (κ2) is 5.87. The standard InChI is InChI=1S/C13H19NO2/c14-7-6-11-3-1-4-12(9-11)16-13-5-2-8-15-10-13/h1,3-4,9,13H,2,5-8,10,14H2. The molecule has 0 amide bonds. The molecule has 0 bridgehead atoms. The molecule has 1 heterocycles. The SMILES string of the molecule is NCCc1cccc(OC2CCCOC2)c1. The molecule has 1 fully saturated rings. The van der Waals surface area contributed by atoms with E-state index in [2.05, 4.69) is 12.1 Å². The van der Waals surface area contributed by atoms with Crippen LogP contribution in [0.5, 0.6) is 5.75 Å². The van der Waals surface area contributed by atoms with Crippen LogP contribution in [0.25, 0.3) is 0 Å². The minimum atomic E-state index is 0.210. The number of nitrogens with two attached hydrogens (primary N) is 1. The van der Waals surface area contributed by atoms with E-state index in [9.17, 15) is 0 Å². The number of hydrogen-bond donors (Lipinski definition) is 1. The van der Waals surface area contributed by atoms with Crippen molar-refractivity contribution in [3.63, 3.8) is 0 Å². The summed E-state index contributed by atoms with van der Waals surface area (Å²) in [6.45, 7) is 2.25. The molecule has 1 aliphatic rings. The minimum Gasteiger partial charge on any atom is -0.488 e. The van der Waals surface area contributed by atoms with Crippen LogP contribution in [-0.4, -0.2) is 25.9 Å². The molecule has 3 nitrogen and oxygen atoms in total. The Labute approximate surface area is 96.5 Å². The van der Waals surface area contributed by atoms with Gasteiger partial charge in [0.25, 0.3) is 0 Å². The van der Waals surface area contributed by atoms with E-state index >= 15 is 0 Å². The molecule has 1 aliphatic heterocycles. The molecule has 16 heavy (non-hydrogen) atoms. The van der Waals surface area contributed by atoms with Crippen LogP contribution in [0.4, 0.5) is 0 Å². The molecule has 3 heteroatoms. The highest BCUT2D eigenvalue weighted by molar-refractivity contribution is 5.28. The van der Waals surface area contributed by atoms with Crippen molar-refractivity contribution in [3.05, 3.63) is 29.8 Å². The molecular weight excluding hydrogens is 202 g/mol. The molecule has 1 atom stereocenters. The van der Waals surface area contributed by atoms with E-state index in [1.807, 2.05) is 12.1 Å². The van der Waals surface area contributed by atoms with Gasteiger partial charge in [-0.3, -0.25) is 0 Å². The van der Waals surface area contributed by atoms with Crippen LogP contribution in [0.3, 0.4) is 0 Å². The van der Waals surface area contributed by atoms with Gasteiger partial charge in [0.15, 0.2) is 0 Å². The van der Waals surface area contributed by atoms with Crippen molar-refractivity contribution in [2.45, 2.75) is 25.4 Å². The second-order valence-corrected chi connectivity index (χ2v) is 4.14. The molecule has 0 spiro atoms. The molecule has 0 saturated carbocycles. The Morgan fingerprint density at radius 2 is 2.38 bits per heavy atom. The van der Waals surface area contributed by atoms with Crippen LogP contribution in [0.15, 0.2) is 24.3 Å². The summed E-state index contributed by atoms with van der Waals surface area (Å²) in [7, 11) is 0. The first-order chi connectivity index (χ1) is 7.88. The quantitative estimate of drug-likeness (QED) is 0.842. The van der Waals surface area contributed by atoms with Crippen LogP contribution < -0.4 is 10.5 Å². The summed E-state index contributed by atoms with van der Waals surface area (Å²) in [5.41, 5.74) is 6.77. The maximum Gasteiger partial charge on any atom is 0.122 e. The molecule has 2 N–H and O–H groups in total. The first kappa shape index (κ1) is 11.4. The number of ether oxygens (including phenoxy) is 2. The van der Waals surface area contributed by atoms with Crippen molar-refractivity contribution in [2.75, 3.05) is 19.8 Å². The Kier molecular flexibility index (Phi) is 4.19. The van der Waals surface area contributed by atoms with Crippen molar-refractivity contribution in [1.82, 2.24) is 0 Å². The van der Waals surface area contributed by atoms with E-state index in [1.54, 1.807) is 0 Å². The molecular formula is C13H19NO2. The molecule has 1 aromatic rings. The van der Waals surface area contributed by atoms with Gasteiger partial charge in [0.2, 0.25) is 0 Å². The first-order valence-corrected chi connectivity index (χ1v) is 5.92. The Morgan fingerprint density at radius 1 is 1.44 bits per heavy atom. The molecule has 0 radical (unpaired) electrons. The zero-order valence-corrected chi connectivity index (χ0v) is 9.52. The van der Waals surface area contributed by atoms with Gasteiger partial charge in [-0.1, -0.05) is 12.1 Å². The number of rotatable bonds is 4. The summed E-state index contributed by atoms with van der Waals surface area (Å²) >= 11 is 0. The van der Waals surface area contributed by atoms with Crippen LogP contribution in [0, 0.1) is 0 Å². The molecule has 1 aromatic carbocycles. The third kappa shape index (κ3) is 3.22. The van der Waals surface area contributed by atoms with E-state index in [4.69, 9.17) is 15.2 Å². The average Bonchev–Trinajstić information content (AvgIpc) is 2.31. The second-order valence-electron chi connectivity index (χ2n) is 4.14. The van der Waals surface area contributed by atoms with Gasteiger partial charge in [-0.2, -0.15) is 0 Å². The van der Waals surface area contributed by atoms with Crippen LogP contribution in [-0.2, 0) is 11.2 Å². The zero-order chi connectivity index (χ0) is 11.2. The predicted molar refractivity (Wildman–Crippen MR) is 63.7 cm³/mol. The van der Waals surface area contributed by atoms with Crippen molar-refractivity contribution in [3.8, 4) is 5.75 Å². The highest BCUT2D eigenvalue weighted by Gasteiger charge is 2.15. The smallest absolute Gasteiger partial charge is 0.122 e. The van der Waals surface area contributed by atoms with E-state index in [1.165, 1.54) is 5.56 Å². The molecule has 1 unspecified atom stereocenters. The molecule has 0 aromatic heterocycles. The van der Waals surface area contributed by atoms with Crippen molar-refractivity contribution in [2.24, 2.45) is 5.73 Å². The van der Waals surface area contributed by atoms with Gasteiger partial charge in [0, 0.05) is 6.61 Å². The highest BCUT2D eigenvalue weighted by atomic mass is 16.5. The van der Waals surface area contributed by atoms with Crippen molar-refractivity contribution in [1.29, 1.82) is 0 Å². The van der Waals surface area contributed by atoms with Gasteiger partial charge >= 0.3 is 0 Å². The summed E-state index contributed by atoms with van der Waals surface area (Å²) < 4.78 is 11.3. The Bertz CT molecular complexity index is 321.